The van der Waals surface area contributed by atoms with Crippen molar-refractivity contribution in [3.05, 3.63) is 12.2 Å². The van der Waals surface area contributed by atoms with Crippen LogP contribution in [-0.4, -0.2) is 35.7 Å². The molecule has 0 aliphatic rings. The van der Waals surface area contributed by atoms with Gasteiger partial charge in [0.05, 0.1) is 12.6 Å². The second kappa shape index (κ2) is 6.50. The average molecular weight is 209 g/mol. The largest absolute Gasteiger partial charge is 0.342 e. The molecule has 0 radical (unpaired) electrons. The summed E-state index contributed by atoms with van der Waals surface area (Å²) >= 11 is 0. The van der Waals surface area contributed by atoms with Crippen molar-refractivity contribution in [2.24, 2.45) is 0 Å². The van der Waals surface area contributed by atoms with Crippen LogP contribution in [0.5, 0.6) is 0 Å². The fraction of sp³-hybridized carbons (Fsp3) is 0.500. The summed E-state index contributed by atoms with van der Waals surface area (Å²) in [5.74, 6) is 0.321. The standard InChI is InChI=1S/C8H11N5O2/c9-2-4-11-7(14)5-10-3-1-8-12-6-13-15-8/h6,10H,1,3-5H2,(H,11,14). The Kier molecular flexibility index (Phi) is 4.83. The van der Waals surface area contributed by atoms with Crippen LogP contribution in [0.1, 0.15) is 5.89 Å². The summed E-state index contributed by atoms with van der Waals surface area (Å²) < 4.78 is 4.76. The van der Waals surface area contributed by atoms with Crippen LogP contribution in [0, 0.1) is 11.3 Å². The maximum Gasteiger partial charge on any atom is 0.234 e. The number of nitriles is 1. The summed E-state index contributed by atoms with van der Waals surface area (Å²) in [6, 6.07) is 1.82. The zero-order valence-electron chi connectivity index (χ0n) is 8.06. The Labute approximate surface area is 86.5 Å². The Morgan fingerprint density at radius 3 is 3.20 bits per heavy atom. The van der Waals surface area contributed by atoms with Gasteiger partial charge >= 0.3 is 0 Å². The van der Waals surface area contributed by atoms with Crippen molar-refractivity contribution in [3.8, 4) is 6.07 Å². The number of nitrogens with one attached hydrogen (secondary N) is 2. The molecular formula is C8H11N5O2. The van der Waals surface area contributed by atoms with Crippen molar-refractivity contribution < 1.29 is 9.32 Å². The van der Waals surface area contributed by atoms with Gasteiger partial charge in [-0.25, -0.2) is 0 Å². The number of amides is 1. The van der Waals surface area contributed by atoms with E-state index in [9.17, 15) is 4.79 Å². The molecule has 1 heterocycles. The summed E-state index contributed by atoms with van der Waals surface area (Å²) in [7, 11) is 0. The van der Waals surface area contributed by atoms with Gasteiger partial charge in [0.1, 0.15) is 6.54 Å². The number of hydrogen-bond donors (Lipinski definition) is 2. The van der Waals surface area contributed by atoms with Crippen LogP contribution in [0.2, 0.25) is 0 Å². The van der Waals surface area contributed by atoms with Gasteiger partial charge in [-0.15, -0.1) is 0 Å². The second-order valence-electron chi connectivity index (χ2n) is 2.70. The molecular weight excluding hydrogens is 198 g/mol. The minimum atomic E-state index is -0.206. The van der Waals surface area contributed by atoms with Crippen LogP contribution in [0.4, 0.5) is 0 Å². The predicted molar refractivity (Wildman–Crippen MR) is 49.5 cm³/mol. The van der Waals surface area contributed by atoms with Gasteiger partial charge in [-0.2, -0.15) is 10.2 Å². The third-order valence-electron chi connectivity index (χ3n) is 1.57. The maximum absolute atomic E-state index is 11.0. The topological polar surface area (TPSA) is 104 Å². The number of carbonyl (C=O) groups excluding carboxylic acids is 1. The minimum absolute atomic E-state index is 0.0319. The summed E-state index contributed by atoms with van der Waals surface area (Å²) in [5.41, 5.74) is 0. The van der Waals surface area contributed by atoms with Crippen molar-refractivity contribution >= 4 is 5.91 Å². The van der Waals surface area contributed by atoms with Gasteiger partial charge in [0.2, 0.25) is 11.8 Å². The quantitative estimate of drug-likeness (QED) is 0.452. The van der Waals surface area contributed by atoms with E-state index in [2.05, 4.69) is 20.8 Å². The molecule has 1 aromatic rings. The highest BCUT2D eigenvalue weighted by atomic mass is 16.5. The molecule has 0 saturated carbocycles. The first-order valence-electron chi connectivity index (χ1n) is 4.43. The van der Waals surface area contributed by atoms with E-state index in [0.717, 1.165) is 0 Å². The summed E-state index contributed by atoms with van der Waals surface area (Å²) in [5, 5.41) is 16.9. The molecule has 80 valence electrons. The minimum Gasteiger partial charge on any atom is -0.342 e. The zero-order chi connectivity index (χ0) is 10.9. The Hall–Kier alpha value is -1.94. The average Bonchev–Trinajstić information content (AvgIpc) is 2.74. The number of carbonyl (C=O) groups is 1. The fourth-order valence-corrected chi connectivity index (χ4v) is 0.904. The molecule has 0 spiro atoms. The van der Waals surface area contributed by atoms with Crippen LogP contribution in [0.25, 0.3) is 0 Å². The molecule has 7 heteroatoms. The first-order valence-corrected chi connectivity index (χ1v) is 4.43. The highest BCUT2D eigenvalue weighted by Crippen LogP contribution is 1.89. The molecule has 2 N–H and O–H groups in total. The van der Waals surface area contributed by atoms with Gasteiger partial charge in [-0.1, -0.05) is 5.16 Å². The second-order valence-corrected chi connectivity index (χ2v) is 2.70. The Bertz CT molecular complexity index is 329. The molecule has 7 nitrogen and oxygen atoms in total. The molecule has 0 fully saturated rings. The lowest BCUT2D eigenvalue weighted by Gasteiger charge is -2.01. The summed E-state index contributed by atoms with van der Waals surface area (Å²) in [6.45, 7) is 0.780. The maximum atomic E-state index is 11.0. The number of hydrogen-bond acceptors (Lipinski definition) is 6. The SMILES string of the molecule is N#CCNC(=O)CNCCc1ncno1. The normalized spacial score (nSPS) is 9.53. The first kappa shape index (κ1) is 11.1. The molecule has 0 aliphatic heterocycles. The van der Waals surface area contributed by atoms with E-state index < -0.39 is 0 Å². The number of aromatic nitrogens is 2. The fourth-order valence-electron chi connectivity index (χ4n) is 0.904. The predicted octanol–water partition coefficient (Wildman–Crippen LogP) is -1.16. The van der Waals surface area contributed by atoms with E-state index >= 15 is 0 Å². The molecule has 1 rings (SSSR count). The zero-order valence-corrected chi connectivity index (χ0v) is 8.06. The van der Waals surface area contributed by atoms with Gasteiger partial charge in [0, 0.05) is 13.0 Å². The molecule has 1 aromatic heterocycles. The lowest BCUT2D eigenvalue weighted by molar-refractivity contribution is -0.120. The van der Waals surface area contributed by atoms with Crippen LogP contribution in [0.15, 0.2) is 10.9 Å². The van der Waals surface area contributed by atoms with Crippen LogP contribution < -0.4 is 10.6 Å². The van der Waals surface area contributed by atoms with Gasteiger partial charge in [0.25, 0.3) is 0 Å². The number of nitrogens with zero attached hydrogens (tertiary/aromatic N) is 3. The van der Waals surface area contributed by atoms with Crippen molar-refractivity contribution in [1.29, 1.82) is 5.26 Å². The first-order chi connectivity index (χ1) is 7.33. The van der Waals surface area contributed by atoms with E-state index in [1.165, 1.54) is 6.33 Å². The molecule has 0 aliphatic carbocycles. The highest BCUT2D eigenvalue weighted by Gasteiger charge is 2.01. The third kappa shape index (κ3) is 4.73. The molecule has 1 amide bonds. The number of rotatable bonds is 6. The summed E-state index contributed by atoms with van der Waals surface area (Å²) in [4.78, 5) is 14.8. The molecule has 0 aromatic carbocycles. The smallest absolute Gasteiger partial charge is 0.234 e. The molecule has 0 unspecified atom stereocenters. The van der Waals surface area contributed by atoms with Gasteiger partial charge in [-0.3, -0.25) is 4.79 Å². The van der Waals surface area contributed by atoms with E-state index in [4.69, 9.17) is 9.78 Å². The van der Waals surface area contributed by atoms with Gasteiger partial charge < -0.3 is 15.2 Å². The Morgan fingerprint density at radius 1 is 1.67 bits per heavy atom. The Morgan fingerprint density at radius 2 is 2.53 bits per heavy atom. The Balaban J connectivity index is 2.02. The van der Waals surface area contributed by atoms with Crippen molar-refractivity contribution in [1.82, 2.24) is 20.8 Å². The van der Waals surface area contributed by atoms with Gasteiger partial charge in [0.15, 0.2) is 6.33 Å². The molecule has 0 bridgehead atoms. The summed E-state index contributed by atoms with van der Waals surface area (Å²) in [6.07, 6.45) is 1.90. The van der Waals surface area contributed by atoms with Crippen molar-refractivity contribution in [3.63, 3.8) is 0 Å². The van der Waals surface area contributed by atoms with E-state index in [1.54, 1.807) is 0 Å². The lowest BCUT2D eigenvalue weighted by Crippen LogP contribution is -2.34. The van der Waals surface area contributed by atoms with Crippen LogP contribution in [0.3, 0.4) is 0 Å². The molecule has 0 atom stereocenters. The van der Waals surface area contributed by atoms with Crippen molar-refractivity contribution in [2.45, 2.75) is 6.42 Å². The van der Waals surface area contributed by atoms with Crippen LogP contribution in [-0.2, 0) is 11.2 Å². The van der Waals surface area contributed by atoms with Crippen LogP contribution >= 0.6 is 0 Å². The molecule has 15 heavy (non-hydrogen) atoms. The van der Waals surface area contributed by atoms with E-state index in [0.29, 0.717) is 18.9 Å². The lowest BCUT2D eigenvalue weighted by atomic mass is 10.4. The molecule has 0 saturated heterocycles. The van der Waals surface area contributed by atoms with Crippen molar-refractivity contribution in [2.75, 3.05) is 19.6 Å². The highest BCUT2D eigenvalue weighted by molar-refractivity contribution is 5.78. The van der Waals surface area contributed by atoms with Gasteiger partial charge in [-0.05, 0) is 0 Å². The van der Waals surface area contributed by atoms with E-state index in [-0.39, 0.29) is 19.0 Å². The monoisotopic (exact) mass is 209 g/mol. The van der Waals surface area contributed by atoms with E-state index in [1.807, 2.05) is 6.07 Å². The third-order valence-corrected chi connectivity index (χ3v) is 1.57.